The number of amides is 2. The average Bonchev–Trinajstić information content (AvgIpc) is 2.75. The summed E-state index contributed by atoms with van der Waals surface area (Å²) in [6.07, 6.45) is 2.00. The van der Waals surface area contributed by atoms with E-state index in [4.69, 9.17) is 9.47 Å². The number of carbonyl (C=O) groups is 2. The van der Waals surface area contributed by atoms with Gasteiger partial charge in [0.2, 0.25) is 0 Å². The molecule has 0 aliphatic heterocycles. The van der Waals surface area contributed by atoms with Gasteiger partial charge < -0.3 is 19.7 Å². The molecule has 0 saturated heterocycles. The van der Waals surface area contributed by atoms with E-state index in [-0.39, 0.29) is 11.8 Å². The molecule has 0 spiro atoms. The highest BCUT2D eigenvalue weighted by atomic mass is 16.5. The molecule has 156 valence electrons. The first-order valence-corrected chi connectivity index (χ1v) is 10.1. The van der Waals surface area contributed by atoms with Crippen LogP contribution in [-0.4, -0.2) is 43.5 Å². The van der Waals surface area contributed by atoms with Crippen molar-refractivity contribution in [1.82, 2.24) is 4.90 Å². The summed E-state index contributed by atoms with van der Waals surface area (Å²) < 4.78 is 11.1. The van der Waals surface area contributed by atoms with Crippen LogP contribution in [0.5, 0.6) is 11.5 Å². The van der Waals surface area contributed by atoms with Gasteiger partial charge in [0.15, 0.2) is 11.5 Å². The minimum Gasteiger partial charge on any atom is -0.493 e. The molecule has 2 amide bonds. The number of benzene rings is 2. The van der Waals surface area contributed by atoms with E-state index < -0.39 is 0 Å². The van der Waals surface area contributed by atoms with Crippen molar-refractivity contribution < 1.29 is 19.1 Å². The van der Waals surface area contributed by atoms with Crippen molar-refractivity contribution in [3.63, 3.8) is 0 Å². The Labute approximate surface area is 172 Å². The first-order valence-electron chi connectivity index (χ1n) is 10.1. The van der Waals surface area contributed by atoms with Crippen LogP contribution < -0.4 is 14.8 Å². The monoisotopic (exact) mass is 398 g/mol. The van der Waals surface area contributed by atoms with Crippen LogP contribution in [0.25, 0.3) is 0 Å². The quantitative estimate of drug-likeness (QED) is 0.594. The Morgan fingerprint density at radius 3 is 2.17 bits per heavy atom. The van der Waals surface area contributed by atoms with Gasteiger partial charge in [-0.1, -0.05) is 13.3 Å². The van der Waals surface area contributed by atoms with E-state index in [0.717, 1.165) is 12.8 Å². The maximum Gasteiger partial charge on any atom is 0.255 e. The zero-order chi connectivity index (χ0) is 21.2. The Morgan fingerprint density at radius 1 is 0.931 bits per heavy atom. The Balaban J connectivity index is 2.07. The number of carbonyl (C=O) groups excluding carboxylic acids is 2. The van der Waals surface area contributed by atoms with Crippen LogP contribution in [0, 0.1) is 0 Å². The Kier molecular flexibility index (Phi) is 8.52. The first kappa shape index (κ1) is 22.3. The molecule has 2 aromatic carbocycles. The third kappa shape index (κ3) is 5.98. The van der Waals surface area contributed by atoms with Crippen LogP contribution in [0.3, 0.4) is 0 Å². The first-order chi connectivity index (χ1) is 14.0. The number of hydrogen-bond donors (Lipinski definition) is 1. The molecule has 2 aromatic rings. The second kappa shape index (κ2) is 11.1. The predicted molar refractivity (Wildman–Crippen MR) is 115 cm³/mol. The number of unbranched alkanes of at least 4 members (excludes halogenated alkanes) is 1. The van der Waals surface area contributed by atoms with Crippen LogP contribution in [0.4, 0.5) is 5.69 Å². The SMILES string of the molecule is CCCCOc1ccc(C(=O)Nc2ccc(C(=O)N(CC)CC)cc2)cc1OC. The van der Waals surface area contributed by atoms with E-state index in [9.17, 15) is 9.59 Å². The fourth-order valence-corrected chi connectivity index (χ4v) is 2.85. The van der Waals surface area contributed by atoms with Crippen LogP contribution in [0.2, 0.25) is 0 Å². The molecule has 6 nitrogen and oxygen atoms in total. The topological polar surface area (TPSA) is 67.9 Å². The summed E-state index contributed by atoms with van der Waals surface area (Å²) in [5.74, 6) is 0.869. The second-order valence-corrected chi connectivity index (χ2v) is 6.58. The summed E-state index contributed by atoms with van der Waals surface area (Å²) in [5.41, 5.74) is 1.68. The van der Waals surface area contributed by atoms with Gasteiger partial charge in [-0.15, -0.1) is 0 Å². The summed E-state index contributed by atoms with van der Waals surface area (Å²) in [6, 6.07) is 12.0. The summed E-state index contributed by atoms with van der Waals surface area (Å²) >= 11 is 0. The molecule has 0 bridgehead atoms. The smallest absolute Gasteiger partial charge is 0.255 e. The van der Waals surface area contributed by atoms with E-state index in [1.165, 1.54) is 0 Å². The minimum atomic E-state index is -0.258. The lowest BCUT2D eigenvalue weighted by Crippen LogP contribution is -2.30. The molecule has 0 aliphatic carbocycles. The van der Waals surface area contributed by atoms with Crippen LogP contribution in [-0.2, 0) is 0 Å². The van der Waals surface area contributed by atoms with Gasteiger partial charge in [0.05, 0.1) is 13.7 Å². The van der Waals surface area contributed by atoms with Crippen molar-refractivity contribution in [2.24, 2.45) is 0 Å². The van der Waals surface area contributed by atoms with E-state index in [1.807, 2.05) is 13.8 Å². The average molecular weight is 399 g/mol. The van der Waals surface area contributed by atoms with E-state index in [0.29, 0.717) is 48.0 Å². The molecular weight excluding hydrogens is 368 g/mol. The summed E-state index contributed by atoms with van der Waals surface area (Å²) in [7, 11) is 1.55. The van der Waals surface area contributed by atoms with Crippen LogP contribution in [0.1, 0.15) is 54.3 Å². The molecular formula is C23H30N2O4. The van der Waals surface area contributed by atoms with Gasteiger partial charge in [-0.3, -0.25) is 9.59 Å². The lowest BCUT2D eigenvalue weighted by molar-refractivity contribution is 0.0773. The third-order valence-electron chi connectivity index (χ3n) is 4.62. The predicted octanol–water partition coefficient (Wildman–Crippen LogP) is 4.61. The number of nitrogens with zero attached hydrogens (tertiary/aromatic N) is 1. The van der Waals surface area contributed by atoms with Gasteiger partial charge in [-0.05, 0) is 62.7 Å². The van der Waals surface area contributed by atoms with Crippen molar-refractivity contribution >= 4 is 17.5 Å². The van der Waals surface area contributed by atoms with Crippen LogP contribution >= 0.6 is 0 Å². The number of ether oxygens (including phenoxy) is 2. The van der Waals surface area contributed by atoms with Crippen molar-refractivity contribution in [1.29, 1.82) is 0 Å². The number of methoxy groups -OCH3 is 1. The maximum absolute atomic E-state index is 12.6. The lowest BCUT2D eigenvalue weighted by atomic mass is 10.1. The fraction of sp³-hybridized carbons (Fsp3) is 0.391. The highest BCUT2D eigenvalue weighted by Crippen LogP contribution is 2.28. The Hall–Kier alpha value is -3.02. The van der Waals surface area contributed by atoms with Gasteiger partial charge in [-0.2, -0.15) is 0 Å². The maximum atomic E-state index is 12.6. The van der Waals surface area contributed by atoms with Crippen molar-refractivity contribution in [3.05, 3.63) is 53.6 Å². The molecule has 0 atom stereocenters. The molecule has 0 aliphatic rings. The van der Waals surface area contributed by atoms with Crippen LogP contribution in [0.15, 0.2) is 42.5 Å². The molecule has 0 radical (unpaired) electrons. The van der Waals surface area contributed by atoms with Crippen molar-refractivity contribution in [3.8, 4) is 11.5 Å². The van der Waals surface area contributed by atoms with Gasteiger partial charge in [0.1, 0.15) is 0 Å². The highest BCUT2D eigenvalue weighted by molar-refractivity contribution is 6.05. The molecule has 0 fully saturated rings. The standard InChI is InChI=1S/C23H30N2O4/c1-5-8-15-29-20-14-11-18(16-21(20)28-4)22(26)24-19-12-9-17(10-13-19)23(27)25(6-2)7-3/h9-14,16H,5-8,15H2,1-4H3,(H,24,26). The molecule has 0 aromatic heterocycles. The molecule has 2 rings (SSSR count). The molecule has 6 heteroatoms. The molecule has 1 N–H and O–H groups in total. The molecule has 0 saturated carbocycles. The third-order valence-corrected chi connectivity index (χ3v) is 4.62. The van der Waals surface area contributed by atoms with Gasteiger partial charge in [-0.25, -0.2) is 0 Å². The normalized spacial score (nSPS) is 10.3. The van der Waals surface area contributed by atoms with E-state index in [2.05, 4.69) is 12.2 Å². The molecule has 0 unspecified atom stereocenters. The zero-order valence-electron chi connectivity index (χ0n) is 17.7. The zero-order valence-corrected chi connectivity index (χ0v) is 17.7. The van der Waals surface area contributed by atoms with E-state index in [1.54, 1.807) is 54.5 Å². The minimum absolute atomic E-state index is 0.0173. The van der Waals surface area contributed by atoms with Gasteiger partial charge in [0, 0.05) is 29.9 Å². The molecule has 0 heterocycles. The summed E-state index contributed by atoms with van der Waals surface area (Å²) in [4.78, 5) is 26.7. The number of nitrogens with one attached hydrogen (secondary N) is 1. The highest BCUT2D eigenvalue weighted by Gasteiger charge is 2.14. The summed E-state index contributed by atoms with van der Waals surface area (Å²) in [6.45, 7) is 7.92. The van der Waals surface area contributed by atoms with Gasteiger partial charge in [0.25, 0.3) is 11.8 Å². The largest absolute Gasteiger partial charge is 0.493 e. The second-order valence-electron chi connectivity index (χ2n) is 6.58. The molecule has 29 heavy (non-hydrogen) atoms. The van der Waals surface area contributed by atoms with Crippen molar-refractivity contribution in [2.45, 2.75) is 33.6 Å². The van der Waals surface area contributed by atoms with Gasteiger partial charge >= 0.3 is 0 Å². The van der Waals surface area contributed by atoms with Crippen molar-refractivity contribution in [2.75, 3.05) is 32.1 Å². The Bertz CT molecular complexity index is 814. The lowest BCUT2D eigenvalue weighted by Gasteiger charge is -2.18. The Morgan fingerprint density at radius 2 is 1.59 bits per heavy atom. The number of hydrogen-bond acceptors (Lipinski definition) is 4. The number of anilines is 1. The summed E-state index contributed by atoms with van der Waals surface area (Å²) in [5, 5.41) is 2.84. The van der Waals surface area contributed by atoms with E-state index >= 15 is 0 Å². The fourth-order valence-electron chi connectivity index (χ4n) is 2.85. The number of rotatable bonds is 10.